The molecule has 202 valence electrons. The minimum atomic E-state index is -1.02. The Hall–Kier alpha value is -4.54. The van der Waals surface area contributed by atoms with Gasteiger partial charge >= 0.3 is 0 Å². The van der Waals surface area contributed by atoms with Gasteiger partial charge < -0.3 is 19.4 Å². The molecule has 5 rings (SSSR count). The molecule has 1 atom stereocenters. The molecule has 0 radical (unpaired) electrons. The molecule has 1 aliphatic carbocycles. The molecule has 1 N–H and O–H groups in total. The van der Waals surface area contributed by atoms with E-state index >= 15 is 0 Å². The van der Waals surface area contributed by atoms with E-state index in [4.69, 9.17) is 9.15 Å². The standard InChI is InChI=1S/C28H29FN6O4/c1-38-23-14-10-20(11-15-23)27-31-33-35(32-27)18-25(36)34(17-24-7-4-16-39-24)26(19-8-12-21(29)13-9-19)28(37)30-22-5-2-3-6-22/h4,7-16,22,26H,2-3,5-6,17-18H2,1H3,(H,30,37)/t26-/m0/s1. The van der Waals surface area contributed by atoms with Crippen LogP contribution in [0.4, 0.5) is 4.39 Å². The lowest BCUT2D eigenvalue weighted by Crippen LogP contribution is -2.46. The van der Waals surface area contributed by atoms with Crippen molar-refractivity contribution in [3.05, 3.63) is 84.1 Å². The molecule has 0 bridgehead atoms. The number of carbonyl (C=O) groups excluding carboxylic acids is 2. The second-order valence-electron chi connectivity index (χ2n) is 9.42. The minimum absolute atomic E-state index is 0.0198. The third-order valence-electron chi connectivity index (χ3n) is 6.75. The van der Waals surface area contributed by atoms with E-state index in [9.17, 15) is 14.0 Å². The number of ether oxygens (including phenoxy) is 1. The van der Waals surface area contributed by atoms with Crippen LogP contribution < -0.4 is 10.1 Å². The third-order valence-corrected chi connectivity index (χ3v) is 6.75. The van der Waals surface area contributed by atoms with Crippen molar-refractivity contribution in [2.75, 3.05) is 7.11 Å². The second-order valence-corrected chi connectivity index (χ2v) is 9.42. The van der Waals surface area contributed by atoms with Crippen molar-refractivity contribution in [1.29, 1.82) is 0 Å². The Morgan fingerprint density at radius 3 is 2.54 bits per heavy atom. The largest absolute Gasteiger partial charge is 0.497 e. The molecule has 2 heterocycles. The lowest BCUT2D eigenvalue weighted by atomic mass is 10.0. The van der Waals surface area contributed by atoms with E-state index < -0.39 is 17.8 Å². The van der Waals surface area contributed by atoms with Gasteiger partial charge in [0.05, 0.1) is 19.9 Å². The summed E-state index contributed by atoms with van der Waals surface area (Å²) in [6.07, 6.45) is 5.34. The molecule has 0 saturated heterocycles. The molecule has 1 saturated carbocycles. The molecule has 0 spiro atoms. The maximum absolute atomic E-state index is 13.8. The molecular weight excluding hydrogens is 503 g/mol. The summed E-state index contributed by atoms with van der Waals surface area (Å²) in [5.74, 6) is 0.333. The number of rotatable bonds is 10. The van der Waals surface area contributed by atoms with Gasteiger partial charge in [-0.15, -0.1) is 10.2 Å². The molecular formula is C28H29FN6O4. The zero-order chi connectivity index (χ0) is 27.2. The highest BCUT2D eigenvalue weighted by molar-refractivity contribution is 5.88. The van der Waals surface area contributed by atoms with Crippen molar-refractivity contribution in [1.82, 2.24) is 30.4 Å². The predicted molar refractivity (Wildman–Crippen MR) is 139 cm³/mol. The molecule has 4 aromatic rings. The van der Waals surface area contributed by atoms with Gasteiger partial charge in [-0.2, -0.15) is 4.80 Å². The highest BCUT2D eigenvalue weighted by atomic mass is 19.1. The number of furan rings is 1. The SMILES string of the molecule is COc1ccc(-c2nnn(CC(=O)N(Cc3ccco3)[C@H](C(=O)NC3CCCC3)c3ccc(F)cc3)n2)cc1. The monoisotopic (exact) mass is 532 g/mol. The first-order chi connectivity index (χ1) is 19.0. The van der Waals surface area contributed by atoms with Gasteiger partial charge in [-0.25, -0.2) is 4.39 Å². The minimum Gasteiger partial charge on any atom is -0.497 e. The van der Waals surface area contributed by atoms with Gasteiger partial charge in [0.1, 0.15) is 29.9 Å². The van der Waals surface area contributed by atoms with Gasteiger partial charge in [-0.3, -0.25) is 9.59 Å². The topological polar surface area (TPSA) is 115 Å². The van der Waals surface area contributed by atoms with E-state index in [-0.39, 0.29) is 25.0 Å². The first-order valence-electron chi connectivity index (χ1n) is 12.8. The summed E-state index contributed by atoms with van der Waals surface area (Å²) in [4.78, 5) is 30.0. The first-order valence-corrected chi connectivity index (χ1v) is 12.8. The lowest BCUT2D eigenvalue weighted by molar-refractivity contribution is -0.143. The Morgan fingerprint density at radius 1 is 1.13 bits per heavy atom. The maximum atomic E-state index is 13.8. The van der Waals surface area contributed by atoms with Crippen molar-refractivity contribution in [2.45, 2.75) is 50.9 Å². The Morgan fingerprint density at radius 2 is 1.87 bits per heavy atom. The Labute approximate surface area is 224 Å². The average molecular weight is 533 g/mol. The van der Waals surface area contributed by atoms with E-state index in [0.717, 1.165) is 25.7 Å². The smallest absolute Gasteiger partial charge is 0.247 e. The number of hydrogen-bond acceptors (Lipinski definition) is 7. The van der Waals surface area contributed by atoms with Crippen LogP contribution in [0.25, 0.3) is 11.4 Å². The van der Waals surface area contributed by atoms with Crippen LogP contribution in [-0.2, 0) is 22.7 Å². The molecule has 1 aliphatic rings. The van der Waals surface area contributed by atoms with Crippen molar-refractivity contribution in [3.63, 3.8) is 0 Å². The van der Waals surface area contributed by atoms with Gasteiger partial charge in [-0.05, 0) is 72.1 Å². The first kappa shape index (κ1) is 26.1. The highest BCUT2D eigenvalue weighted by Gasteiger charge is 2.34. The van der Waals surface area contributed by atoms with Gasteiger partial charge in [0.15, 0.2) is 0 Å². The zero-order valence-corrected chi connectivity index (χ0v) is 21.5. The second kappa shape index (κ2) is 11.9. The van der Waals surface area contributed by atoms with Crippen molar-refractivity contribution < 1.29 is 23.1 Å². The number of halogens is 1. The molecule has 1 fully saturated rings. The lowest BCUT2D eigenvalue weighted by Gasteiger charge is -2.31. The zero-order valence-electron chi connectivity index (χ0n) is 21.5. The van der Waals surface area contributed by atoms with Crippen molar-refractivity contribution in [2.24, 2.45) is 0 Å². The molecule has 0 unspecified atom stereocenters. The van der Waals surface area contributed by atoms with Crippen LogP contribution in [0.1, 0.15) is 43.0 Å². The Balaban J connectivity index is 1.43. The van der Waals surface area contributed by atoms with Gasteiger partial charge in [0.25, 0.3) is 0 Å². The fraction of sp³-hybridized carbons (Fsp3) is 0.321. The quantitative estimate of drug-likeness (QED) is 0.329. The fourth-order valence-electron chi connectivity index (χ4n) is 4.74. The number of tetrazole rings is 1. The van der Waals surface area contributed by atoms with Gasteiger partial charge in [0.2, 0.25) is 17.6 Å². The summed E-state index contributed by atoms with van der Waals surface area (Å²) < 4.78 is 24.5. The maximum Gasteiger partial charge on any atom is 0.247 e. The fourth-order valence-corrected chi connectivity index (χ4v) is 4.74. The van der Waals surface area contributed by atoms with Crippen LogP contribution in [0.3, 0.4) is 0 Å². The number of methoxy groups -OCH3 is 1. The van der Waals surface area contributed by atoms with Gasteiger partial charge in [-0.1, -0.05) is 25.0 Å². The average Bonchev–Trinajstić information content (AvgIpc) is 3.73. The van der Waals surface area contributed by atoms with E-state index in [0.29, 0.717) is 28.5 Å². The number of carbonyl (C=O) groups is 2. The summed E-state index contributed by atoms with van der Waals surface area (Å²) >= 11 is 0. The summed E-state index contributed by atoms with van der Waals surface area (Å²) in [5, 5.41) is 15.6. The molecule has 2 aromatic heterocycles. The van der Waals surface area contributed by atoms with Crippen LogP contribution in [-0.4, -0.2) is 50.1 Å². The molecule has 10 nitrogen and oxygen atoms in total. The van der Waals surface area contributed by atoms with Crippen LogP contribution in [0.5, 0.6) is 5.75 Å². The number of hydrogen-bond donors (Lipinski definition) is 1. The van der Waals surface area contributed by atoms with Crippen LogP contribution in [0, 0.1) is 5.82 Å². The number of aromatic nitrogens is 4. The summed E-state index contributed by atoms with van der Waals surface area (Å²) in [7, 11) is 1.58. The van der Waals surface area contributed by atoms with Crippen LogP contribution >= 0.6 is 0 Å². The van der Waals surface area contributed by atoms with E-state index in [1.165, 1.54) is 40.2 Å². The van der Waals surface area contributed by atoms with E-state index in [1.807, 2.05) is 0 Å². The molecule has 2 amide bonds. The number of nitrogens with zero attached hydrogens (tertiary/aromatic N) is 5. The molecule has 0 aliphatic heterocycles. The summed E-state index contributed by atoms with van der Waals surface area (Å²) in [6, 6.07) is 15.2. The normalized spacial score (nSPS) is 14.2. The van der Waals surface area contributed by atoms with E-state index in [2.05, 4.69) is 20.7 Å². The highest BCUT2D eigenvalue weighted by Crippen LogP contribution is 2.27. The van der Waals surface area contributed by atoms with Crippen LogP contribution in [0.15, 0.2) is 71.3 Å². The molecule has 2 aromatic carbocycles. The van der Waals surface area contributed by atoms with E-state index in [1.54, 1.807) is 43.5 Å². The molecule has 11 heteroatoms. The van der Waals surface area contributed by atoms with Crippen molar-refractivity contribution >= 4 is 11.8 Å². The van der Waals surface area contributed by atoms with Gasteiger partial charge in [0, 0.05) is 11.6 Å². The number of amides is 2. The molecule has 39 heavy (non-hydrogen) atoms. The van der Waals surface area contributed by atoms with Crippen molar-refractivity contribution in [3.8, 4) is 17.1 Å². The summed E-state index contributed by atoms with van der Waals surface area (Å²) in [6.45, 7) is -0.246. The number of benzene rings is 2. The van der Waals surface area contributed by atoms with Crippen LogP contribution in [0.2, 0.25) is 0 Å². The Kier molecular flexibility index (Phi) is 7.95. The third kappa shape index (κ3) is 6.31. The predicted octanol–water partition coefficient (Wildman–Crippen LogP) is 3.91. The summed E-state index contributed by atoms with van der Waals surface area (Å²) in [5.41, 5.74) is 1.19. The number of nitrogens with one attached hydrogen (secondary N) is 1. The Bertz CT molecular complexity index is 1380.